The summed E-state index contributed by atoms with van der Waals surface area (Å²) in [4.78, 5) is 26.5. The van der Waals surface area contributed by atoms with Crippen molar-refractivity contribution in [2.75, 3.05) is 32.3 Å². The third kappa shape index (κ3) is 4.99. The lowest BCUT2D eigenvalue weighted by Crippen LogP contribution is -2.38. The van der Waals surface area contributed by atoms with E-state index in [9.17, 15) is 9.59 Å². The van der Waals surface area contributed by atoms with Gasteiger partial charge in [0, 0.05) is 24.7 Å². The van der Waals surface area contributed by atoms with Gasteiger partial charge in [0.1, 0.15) is 5.75 Å². The molecule has 2 aromatic rings. The van der Waals surface area contributed by atoms with Crippen molar-refractivity contribution in [3.8, 4) is 17.2 Å². The third-order valence-corrected chi connectivity index (χ3v) is 4.77. The Bertz CT molecular complexity index is 866. The molecule has 0 bridgehead atoms. The fourth-order valence-electron chi connectivity index (χ4n) is 3.38. The van der Waals surface area contributed by atoms with Gasteiger partial charge in [0.05, 0.1) is 33.3 Å². The van der Waals surface area contributed by atoms with Crippen LogP contribution in [-0.4, -0.2) is 45.2 Å². The summed E-state index contributed by atoms with van der Waals surface area (Å²) in [6, 6.07) is 12.6. The van der Waals surface area contributed by atoms with Gasteiger partial charge in [-0.05, 0) is 36.8 Å². The maximum Gasteiger partial charge on any atom is 0.229 e. The first-order chi connectivity index (χ1) is 14.0. The van der Waals surface area contributed by atoms with E-state index in [1.807, 2.05) is 37.3 Å². The first-order valence-electron chi connectivity index (χ1n) is 9.57. The highest BCUT2D eigenvalue weighted by Gasteiger charge is 2.32. The molecule has 1 N–H and O–H groups in total. The van der Waals surface area contributed by atoms with Gasteiger partial charge in [-0.25, -0.2) is 0 Å². The molecule has 7 heteroatoms. The number of ether oxygens (including phenoxy) is 3. The molecular formula is C22H26N2O5. The molecule has 29 heavy (non-hydrogen) atoms. The number of methoxy groups -OCH3 is 2. The van der Waals surface area contributed by atoms with Crippen molar-refractivity contribution in [2.45, 2.75) is 25.8 Å². The summed E-state index contributed by atoms with van der Waals surface area (Å²) in [5, 5.41) is 2.96. The predicted molar refractivity (Wildman–Crippen MR) is 110 cm³/mol. The second kappa shape index (κ2) is 9.32. The summed E-state index contributed by atoms with van der Waals surface area (Å²) in [5.41, 5.74) is 1.61. The minimum atomic E-state index is -0.231. The molecule has 3 rings (SSSR count). The molecule has 0 spiro atoms. The summed E-state index contributed by atoms with van der Waals surface area (Å²) < 4.78 is 16.0. The van der Waals surface area contributed by atoms with E-state index in [0.29, 0.717) is 24.7 Å². The van der Waals surface area contributed by atoms with Crippen LogP contribution >= 0.6 is 0 Å². The largest absolute Gasteiger partial charge is 0.494 e. The first kappa shape index (κ1) is 20.5. The number of nitrogens with zero attached hydrogens (tertiary/aromatic N) is 1. The Morgan fingerprint density at radius 3 is 2.48 bits per heavy atom. The van der Waals surface area contributed by atoms with Crippen LogP contribution in [0, 0.1) is 0 Å². The molecule has 7 nitrogen and oxygen atoms in total. The van der Waals surface area contributed by atoms with Crippen LogP contribution in [-0.2, 0) is 16.0 Å². The quantitative estimate of drug-likeness (QED) is 0.740. The van der Waals surface area contributed by atoms with E-state index >= 15 is 0 Å². The van der Waals surface area contributed by atoms with Gasteiger partial charge in [-0.2, -0.15) is 0 Å². The van der Waals surface area contributed by atoms with Crippen molar-refractivity contribution in [1.29, 1.82) is 0 Å². The van der Waals surface area contributed by atoms with Gasteiger partial charge in [0.25, 0.3) is 0 Å². The highest BCUT2D eigenvalue weighted by Crippen LogP contribution is 2.33. The Balaban J connectivity index is 1.59. The van der Waals surface area contributed by atoms with E-state index in [-0.39, 0.29) is 30.7 Å². The van der Waals surface area contributed by atoms with E-state index in [2.05, 4.69) is 5.32 Å². The molecule has 0 unspecified atom stereocenters. The van der Waals surface area contributed by atoms with Crippen LogP contribution < -0.4 is 24.4 Å². The van der Waals surface area contributed by atoms with Crippen molar-refractivity contribution in [2.24, 2.45) is 0 Å². The van der Waals surface area contributed by atoms with Gasteiger partial charge in [0.2, 0.25) is 11.8 Å². The van der Waals surface area contributed by atoms with Gasteiger partial charge in [-0.15, -0.1) is 0 Å². The number of anilines is 1. The second-order valence-corrected chi connectivity index (χ2v) is 6.77. The number of rotatable bonds is 8. The van der Waals surface area contributed by atoms with E-state index < -0.39 is 0 Å². The summed E-state index contributed by atoms with van der Waals surface area (Å²) in [6.45, 7) is 2.95. The summed E-state index contributed by atoms with van der Waals surface area (Å²) >= 11 is 0. The molecule has 0 aromatic heterocycles. The number of nitrogens with one attached hydrogen (secondary N) is 1. The molecule has 1 saturated heterocycles. The number of hydrogen-bond acceptors (Lipinski definition) is 5. The second-order valence-electron chi connectivity index (χ2n) is 6.77. The minimum absolute atomic E-state index is 0.0383. The summed E-state index contributed by atoms with van der Waals surface area (Å²) in [6.07, 6.45) is 0.525. The normalized spacial score (nSPS) is 15.9. The molecule has 1 aliphatic rings. The highest BCUT2D eigenvalue weighted by atomic mass is 16.5. The van der Waals surface area contributed by atoms with Crippen molar-refractivity contribution >= 4 is 17.5 Å². The summed E-state index contributed by atoms with van der Waals surface area (Å²) in [7, 11) is 3.12. The lowest BCUT2D eigenvalue weighted by Gasteiger charge is -2.19. The van der Waals surface area contributed by atoms with Crippen molar-refractivity contribution < 1.29 is 23.8 Å². The van der Waals surface area contributed by atoms with Gasteiger partial charge in [-0.1, -0.05) is 12.1 Å². The van der Waals surface area contributed by atoms with Crippen LogP contribution in [0.25, 0.3) is 0 Å². The molecular weight excluding hydrogens is 372 g/mol. The molecule has 2 aromatic carbocycles. The third-order valence-electron chi connectivity index (χ3n) is 4.77. The van der Waals surface area contributed by atoms with E-state index in [1.165, 1.54) is 0 Å². The zero-order valence-corrected chi connectivity index (χ0v) is 16.9. The Labute approximate surface area is 170 Å². The van der Waals surface area contributed by atoms with Gasteiger partial charge in [0.15, 0.2) is 11.5 Å². The molecule has 0 radical (unpaired) electrons. The van der Waals surface area contributed by atoms with Crippen LogP contribution in [0.4, 0.5) is 5.69 Å². The van der Waals surface area contributed by atoms with Gasteiger partial charge in [-0.3, -0.25) is 9.59 Å². The molecule has 1 fully saturated rings. The van der Waals surface area contributed by atoms with Crippen LogP contribution in [0.3, 0.4) is 0 Å². The Morgan fingerprint density at radius 2 is 1.83 bits per heavy atom. The maximum absolute atomic E-state index is 12.5. The smallest absolute Gasteiger partial charge is 0.229 e. The predicted octanol–water partition coefficient (Wildman–Crippen LogP) is 2.57. The molecule has 2 amide bonds. The Kier molecular flexibility index (Phi) is 6.59. The van der Waals surface area contributed by atoms with Crippen molar-refractivity contribution in [3.05, 3.63) is 48.0 Å². The standard InChI is InChI=1S/C22H26N2O5/c1-4-29-18-8-5-15(6-9-18)11-21(25)23-16-12-22(26)24(14-16)17-7-10-19(27-2)20(13-17)28-3/h5-10,13,16H,4,11-12,14H2,1-3H3,(H,23,25)/t16-/m1/s1. The number of hydrogen-bond donors (Lipinski definition) is 1. The number of carbonyl (C=O) groups excluding carboxylic acids is 2. The fourth-order valence-corrected chi connectivity index (χ4v) is 3.38. The SMILES string of the molecule is CCOc1ccc(CC(=O)N[C@@H]2CC(=O)N(c3ccc(OC)c(OC)c3)C2)cc1. The van der Waals surface area contributed by atoms with Crippen LogP contribution in [0.5, 0.6) is 17.2 Å². The molecule has 1 heterocycles. The maximum atomic E-state index is 12.5. The lowest BCUT2D eigenvalue weighted by molar-refractivity contribution is -0.121. The minimum Gasteiger partial charge on any atom is -0.494 e. The zero-order chi connectivity index (χ0) is 20.8. The molecule has 1 atom stereocenters. The molecule has 0 saturated carbocycles. The fraction of sp³-hybridized carbons (Fsp3) is 0.364. The topological polar surface area (TPSA) is 77.1 Å². The van der Waals surface area contributed by atoms with E-state index in [1.54, 1.807) is 31.3 Å². The monoisotopic (exact) mass is 398 g/mol. The average Bonchev–Trinajstić information content (AvgIpc) is 3.08. The highest BCUT2D eigenvalue weighted by molar-refractivity contribution is 5.97. The molecule has 1 aliphatic heterocycles. The first-order valence-corrected chi connectivity index (χ1v) is 9.57. The average molecular weight is 398 g/mol. The summed E-state index contributed by atoms with van der Waals surface area (Å²) in [5.74, 6) is 1.79. The van der Waals surface area contributed by atoms with Crippen LogP contribution in [0.2, 0.25) is 0 Å². The van der Waals surface area contributed by atoms with Crippen molar-refractivity contribution in [1.82, 2.24) is 5.32 Å². The van der Waals surface area contributed by atoms with E-state index in [0.717, 1.165) is 17.0 Å². The van der Waals surface area contributed by atoms with Gasteiger partial charge >= 0.3 is 0 Å². The molecule has 154 valence electrons. The molecule has 0 aliphatic carbocycles. The van der Waals surface area contributed by atoms with Crippen molar-refractivity contribution in [3.63, 3.8) is 0 Å². The number of amides is 2. The van der Waals surface area contributed by atoms with Crippen LogP contribution in [0.15, 0.2) is 42.5 Å². The Hall–Kier alpha value is -3.22. The van der Waals surface area contributed by atoms with E-state index in [4.69, 9.17) is 14.2 Å². The number of benzene rings is 2. The van der Waals surface area contributed by atoms with Gasteiger partial charge < -0.3 is 24.4 Å². The number of carbonyl (C=O) groups is 2. The van der Waals surface area contributed by atoms with Crippen LogP contribution in [0.1, 0.15) is 18.9 Å². The Morgan fingerprint density at radius 1 is 1.10 bits per heavy atom. The zero-order valence-electron chi connectivity index (χ0n) is 16.9. The lowest BCUT2D eigenvalue weighted by atomic mass is 10.1.